The first-order chi connectivity index (χ1) is 7.24. The lowest BCUT2D eigenvalue weighted by Gasteiger charge is -2.02. The van der Waals surface area contributed by atoms with Gasteiger partial charge in [-0.15, -0.1) is 0 Å². The van der Waals surface area contributed by atoms with Crippen molar-refractivity contribution in [2.24, 2.45) is 5.73 Å². The molecular formula is C9H9FN4O. The molecule has 0 radical (unpaired) electrons. The van der Waals surface area contributed by atoms with E-state index < -0.39 is 5.82 Å². The zero-order valence-corrected chi connectivity index (χ0v) is 8.07. The fraction of sp³-hybridized carbons (Fsp3) is 0.222. The maximum Gasteiger partial charge on any atom is 0.172 e. The van der Waals surface area contributed by atoms with Crippen LogP contribution in [0, 0.1) is 12.7 Å². The number of rotatable bonds is 2. The maximum absolute atomic E-state index is 13.7. The van der Waals surface area contributed by atoms with Crippen LogP contribution < -0.4 is 5.73 Å². The van der Waals surface area contributed by atoms with Gasteiger partial charge >= 0.3 is 0 Å². The van der Waals surface area contributed by atoms with Gasteiger partial charge in [0.15, 0.2) is 5.82 Å². The standard InChI is InChI=1S/C9H9FN4O/c1-5-6(3-14-15-5)9-8(10)7(2-11)12-4-13-9/h3-4H,2,11H2,1H3. The van der Waals surface area contributed by atoms with Gasteiger partial charge in [0.1, 0.15) is 17.8 Å². The summed E-state index contributed by atoms with van der Waals surface area (Å²) in [7, 11) is 0. The molecule has 0 saturated heterocycles. The zero-order valence-electron chi connectivity index (χ0n) is 8.07. The summed E-state index contributed by atoms with van der Waals surface area (Å²) < 4.78 is 18.6. The molecule has 15 heavy (non-hydrogen) atoms. The summed E-state index contributed by atoms with van der Waals surface area (Å²) in [4.78, 5) is 7.58. The monoisotopic (exact) mass is 208 g/mol. The lowest BCUT2D eigenvalue weighted by molar-refractivity contribution is 0.397. The van der Waals surface area contributed by atoms with Gasteiger partial charge in [-0.1, -0.05) is 5.16 Å². The minimum Gasteiger partial charge on any atom is -0.361 e. The Labute approximate surface area is 85.1 Å². The Bertz CT molecular complexity index is 483. The van der Waals surface area contributed by atoms with Gasteiger partial charge in [-0.3, -0.25) is 0 Å². The maximum atomic E-state index is 13.7. The Balaban J connectivity index is 2.59. The minimum absolute atomic E-state index is 0.0334. The lowest BCUT2D eigenvalue weighted by atomic mass is 10.1. The Morgan fingerprint density at radius 2 is 2.27 bits per heavy atom. The number of nitrogens with zero attached hydrogens (tertiary/aromatic N) is 3. The van der Waals surface area contributed by atoms with Crippen LogP contribution in [0.5, 0.6) is 0 Å². The van der Waals surface area contributed by atoms with Crippen molar-refractivity contribution in [2.75, 3.05) is 0 Å². The highest BCUT2D eigenvalue weighted by molar-refractivity contribution is 5.60. The van der Waals surface area contributed by atoms with E-state index in [9.17, 15) is 4.39 Å². The van der Waals surface area contributed by atoms with Crippen molar-refractivity contribution in [3.05, 3.63) is 29.8 Å². The quantitative estimate of drug-likeness (QED) is 0.797. The van der Waals surface area contributed by atoms with Gasteiger partial charge in [-0.2, -0.15) is 0 Å². The van der Waals surface area contributed by atoms with Crippen molar-refractivity contribution < 1.29 is 8.91 Å². The van der Waals surface area contributed by atoms with Crippen molar-refractivity contribution in [3.63, 3.8) is 0 Å². The summed E-state index contributed by atoms with van der Waals surface area (Å²) in [5.41, 5.74) is 6.21. The van der Waals surface area contributed by atoms with E-state index in [2.05, 4.69) is 15.1 Å². The molecular weight excluding hydrogens is 199 g/mol. The van der Waals surface area contributed by atoms with Crippen LogP contribution in [-0.2, 0) is 6.54 Å². The minimum atomic E-state index is -0.522. The summed E-state index contributed by atoms with van der Waals surface area (Å²) in [5, 5.41) is 3.56. The first kappa shape index (κ1) is 9.72. The number of hydrogen-bond acceptors (Lipinski definition) is 5. The summed E-state index contributed by atoms with van der Waals surface area (Å²) in [6, 6.07) is 0. The number of aromatic nitrogens is 3. The smallest absolute Gasteiger partial charge is 0.172 e. The Morgan fingerprint density at radius 3 is 2.87 bits per heavy atom. The van der Waals surface area contributed by atoms with E-state index in [0.29, 0.717) is 11.3 Å². The fourth-order valence-electron chi connectivity index (χ4n) is 1.26. The van der Waals surface area contributed by atoms with E-state index in [1.54, 1.807) is 6.92 Å². The molecule has 2 heterocycles. The fourth-order valence-corrected chi connectivity index (χ4v) is 1.26. The molecule has 0 saturated carbocycles. The number of hydrogen-bond donors (Lipinski definition) is 1. The third kappa shape index (κ3) is 1.59. The number of halogens is 1. The second-order valence-corrected chi connectivity index (χ2v) is 2.98. The topological polar surface area (TPSA) is 77.8 Å². The van der Waals surface area contributed by atoms with Crippen molar-refractivity contribution in [3.8, 4) is 11.3 Å². The van der Waals surface area contributed by atoms with Gasteiger partial charge in [0.25, 0.3) is 0 Å². The van der Waals surface area contributed by atoms with E-state index in [1.165, 1.54) is 12.5 Å². The van der Waals surface area contributed by atoms with Crippen molar-refractivity contribution in [1.29, 1.82) is 0 Å². The molecule has 2 aromatic rings. The van der Waals surface area contributed by atoms with Gasteiger partial charge in [0.2, 0.25) is 0 Å². The zero-order chi connectivity index (χ0) is 10.8. The molecule has 0 aliphatic heterocycles. The van der Waals surface area contributed by atoms with Gasteiger partial charge in [0, 0.05) is 6.54 Å². The molecule has 5 nitrogen and oxygen atoms in total. The molecule has 0 fully saturated rings. The van der Waals surface area contributed by atoms with Gasteiger partial charge in [0.05, 0.1) is 17.5 Å². The van der Waals surface area contributed by atoms with E-state index in [4.69, 9.17) is 10.3 Å². The molecule has 0 aromatic carbocycles. The Kier molecular flexibility index (Phi) is 2.42. The molecule has 0 atom stereocenters. The molecule has 2 rings (SSSR count). The molecule has 0 unspecified atom stereocenters. The average molecular weight is 208 g/mol. The average Bonchev–Trinajstić information content (AvgIpc) is 2.65. The van der Waals surface area contributed by atoms with Crippen LogP contribution in [0.4, 0.5) is 4.39 Å². The molecule has 0 bridgehead atoms. The second-order valence-electron chi connectivity index (χ2n) is 2.98. The summed E-state index contributed by atoms with van der Waals surface area (Å²) in [6.07, 6.45) is 2.69. The molecule has 0 spiro atoms. The normalized spacial score (nSPS) is 10.6. The van der Waals surface area contributed by atoms with Crippen LogP contribution in [0.3, 0.4) is 0 Å². The molecule has 6 heteroatoms. The predicted molar refractivity (Wildman–Crippen MR) is 50.1 cm³/mol. The van der Waals surface area contributed by atoms with Crippen LogP contribution in [0.2, 0.25) is 0 Å². The van der Waals surface area contributed by atoms with Gasteiger partial charge < -0.3 is 10.3 Å². The van der Waals surface area contributed by atoms with E-state index in [-0.39, 0.29) is 17.9 Å². The van der Waals surface area contributed by atoms with Gasteiger partial charge in [-0.25, -0.2) is 14.4 Å². The Morgan fingerprint density at radius 1 is 1.47 bits per heavy atom. The number of aryl methyl sites for hydroxylation is 1. The van der Waals surface area contributed by atoms with Crippen LogP contribution in [0.1, 0.15) is 11.5 Å². The second kappa shape index (κ2) is 3.74. The van der Waals surface area contributed by atoms with Crippen LogP contribution >= 0.6 is 0 Å². The highest BCUT2D eigenvalue weighted by Crippen LogP contribution is 2.24. The van der Waals surface area contributed by atoms with E-state index >= 15 is 0 Å². The SMILES string of the molecule is Cc1oncc1-c1ncnc(CN)c1F. The molecule has 0 amide bonds. The largest absolute Gasteiger partial charge is 0.361 e. The third-order valence-electron chi connectivity index (χ3n) is 2.06. The molecule has 0 aliphatic rings. The van der Waals surface area contributed by atoms with Crippen LogP contribution in [0.15, 0.2) is 17.0 Å². The molecule has 2 N–H and O–H groups in total. The highest BCUT2D eigenvalue weighted by atomic mass is 19.1. The predicted octanol–water partition coefficient (Wildman–Crippen LogP) is 1.04. The van der Waals surface area contributed by atoms with E-state index in [0.717, 1.165) is 0 Å². The third-order valence-corrected chi connectivity index (χ3v) is 2.06. The van der Waals surface area contributed by atoms with Crippen molar-refractivity contribution in [2.45, 2.75) is 13.5 Å². The summed E-state index contributed by atoms with van der Waals surface area (Å²) in [5.74, 6) is -0.0122. The van der Waals surface area contributed by atoms with Crippen molar-refractivity contribution in [1.82, 2.24) is 15.1 Å². The highest BCUT2D eigenvalue weighted by Gasteiger charge is 2.15. The van der Waals surface area contributed by atoms with Crippen LogP contribution in [-0.4, -0.2) is 15.1 Å². The summed E-state index contributed by atoms with van der Waals surface area (Å²) in [6.45, 7) is 1.72. The number of nitrogens with two attached hydrogens (primary N) is 1. The lowest BCUT2D eigenvalue weighted by Crippen LogP contribution is -2.05. The first-order valence-corrected chi connectivity index (χ1v) is 4.35. The van der Waals surface area contributed by atoms with Crippen molar-refractivity contribution >= 4 is 0 Å². The van der Waals surface area contributed by atoms with E-state index in [1.807, 2.05) is 0 Å². The molecule has 0 aliphatic carbocycles. The Hall–Kier alpha value is -1.82. The van der Waals surface area contributed by atoms with Crippen LogP contribution in [0.25, 0.3) is 11.3 Å². The molecule has 2 aromatic heterocycles. The summed E-state index contributed by atoms with van der Waals surface area (Å²) >= 11 is 0. The van der Waals surface area contributed by atoms with Gasteiger partial charge in [-0.05, 0) is 6.92 Å². The first-order valence-electron chi connectivity index (χ1n) is 4.35. The molecule has 78 valence electrons.